The van der Waals surface area contributed by atoms with Crippen molar-refractivity contribution in [3.05, 3.63) is 18.1 Å². The zero-order chi connectivity index (χ0) is 22.9. The lowest BCUT2D eigenvalue weighted by Gasteiger charge is -2.32. The van der Waals surface area contributed by atoms with E-state index in [0.29, 0.717) is 12.1 Å². The van der Waals surface area contributed by atoms with Crippen LogP contribution in [0.1, 0.15) is 63.5 Å². The first-order valence-corrected chi connectivity index (χ1v) is 12.3. The van der Waals surface area contributed by atoms with Crippen LogP contribution in [0.2, 0.25) is 0 Å². The van der Waals surface area contributed by atoms with Gasteiger partial charge in [-0.2, -0.15) is 5.10 Å². The van der Waals surface area contributed by atoms with E-state index in [1.165, 1.54) is 12.8 Å². The maximum absolute atomic E-state index is 5.51. The Balaban J connectivity index is 1.29. The van der Waals surface area contributed by atoms with Crippen LogP contribution in [0, 0.1) is 5.41 Å². The van der Waals surface area contributed by atoms with E-state index in [0.717, 1.165) is 82.4 Å². The number of hydrogen-bond acceptors (Lipinski definition) is 8. The molecular weight excluding hydrogens is 418 g/mol. The van der Waals surface area contributed by atoms with Gasteiger partial charge in [-0.3, -0.25) is 10.4 Å². The smallest absolute Gasteiger partial charge is 0.129 e. The van der Waals surface area contributed by atoms with E-state index in [-0.39, 0.29) is 11.3 Å². The lowest BCUT2D eigenvalue weighted by atomic mass is 9.82. The summed E-state index contributed by atoms with van der Waals surface area (Å²) in [5, 5.41) is 11.6. The molecule has 3 aliphatic rings. The van der Waals surface area contributed by atoms with E-state index >= 15 is 0 Å². The van der Waals surface area contributed by atoms with Crippen LogP contribution in [0.4, 0.5) is 5.82 Å². The van der Waals surface area contributed by atoms with Crippen molar-refractivity contribution >= 4 is 17.9 Å². The average molecular weight is 458 g/mol. The number of rotatable bonds is 9. The van der Waals surface area contributed by atoms with Crippen molar-refractivity contribution in [1.82, 2.24) is 20.7 Å². The Hall–Kier alpha value is -2.10. The van der Waals surface area contributed by atoms with Gasteiger partial charge in [-0.25, -0.2) is 9.97 Å². The number of amidine groups is 1. The van der Waals surface area contributed by atoms with E-state index in [9.17, 15) is 0 Å². The lowest BCUT2D eigenvalue weighted by Crippen LogP contribution is -2.38. The highest BCUT2D eigenvalue weighted by Crippen LogP contribution is 2.30. The number of aliphatic imine (C=N–C) groups is 1. The van der Waals surface area contributed by atoms with E-state index in [1.54, 1.807) is 13.4 Å². The molecule has 0 bridgehead atoms. The van der Waals surface area contributed by atoms with Gasteiger partial charge in [0.15, 0.2) is 0 Å². The first-order valence-electron chi connectivity index (χ1n) is 12.3. The highest BCUT2D eigenvalue weighted by atomic mass is 16.5. The van der Waals surface area contributed by atoms with Crippen LogP contribution < -0.4 is 16.1 Å². The standard InChI is InChI=1S/C24H39N7O2/c1-24(7-10-33-11-8-24)16-26-23-13-18(15-29-31-23)21-14-22(28-17-27-21)30-20-5-3-19(4-6-20)25-9-12-32-2/h14-15,17-20,25H,3-13,16H2,1-2H3,(H,26,31)(H,27,28,30). The topological polar surface area (TPSA) is 105 Å². The fourth-order valence-corrected chi connectivity index (χ4v) is 4.77. The van der Waals surface area contributed by atoms with Crippen LogP contribution in [0.25, 0.3) is 0 Å². The number of hydrazone groups is 1. The molecule has 1 aromatic heterocycles. The Morgan fingerprint density at radius 1 is 1.18 bits per heavy atom. The molecule has 0 spiro atoms. The fraction of sp³-hybridized carbons (Fsp3) is 0.750. The SMILES string of the molecule is COCCNC1CCC(Nc2cc(C3C=NNC(=NCC4(C)CCOCC4)C3)ncn2)CC1. The maximum atomic E-state index is 5.51. The predicted octanol–water partition coefficient (Wildman–Crippen LogP) is 2.71. The largest absolute Gasteiger partial charge is 0.383 e. The second-order valence-corrected chi connectivity index (χ2v) is 9.85. The number of aromatic nitrogens is 2. The van der Waals surface area contributed by atoms with Gasteiger partial charge in [-0.15, -0.1) is 0 Å². The van der Waals surface area contributed by atoms with Crippen LogP contribution in [0.15, 0.2) is 22.5 Å². The van der Waals surface area contributed by atoms with Crippen LogP contribution in [0.5, 0.6) is 0 Å². The zero-order valence-electron chi connectivity index (χ0n) is 20.1. The Morgan fingerprint density at radius 3 is 2.76 bits per heavy atom. The molecule has 0 radical (unpaired) electrons. The van der Waals surface area contributed by atoms with Gasteiger partial charge in [0.2, 0.25) is 0 Å². The first kappa shape index (κ1) is 24.0. The third-order valence-corrected chi connectivity index (χ3v) is 7.10. The molecule has 182 valence electrons. The van der Waals surface area contributed by atoms with Crippen LogP contribution >= 0.6 is 0 Å². The molecule has 3 N–H and O–H groups in total. The summed E-state index contributed by atoms with van der Waals surface area (Å²) in [7, 11) is 1.75. The van der Waals surface area contributed by atoms with Crippen molar-refractivity contribution < 1.29 is 9.47 Å². The summed E-state index contributed by atoms with van der Waals surface area (Å²) in [4.78, 5) is 13.9. The van der Waals surface area contributed by atoms with Crippen LogP contribution in [-0.4, -0.2) is 74.1 Å². The van der Waals surface area contributed by atoms with Crippen molar-refractivity contribution in [1.29, 1.82) is 0 Å². The molecule has 1 saturated carbocycles. The molecule has 9 heteroatoms. The molecule has 9 nitrogen and oxygen atoms in total. The van der Waals surface area contributed by atoms with E-state index in [2.05, 4.69) is 44.1 Å². The van der Waals surface area contributed by atoms with Gasteiger partial charge in [0.05, 0.1) is 12.3 Å². The zero-order valence-corrected chi connectivity index (χ0v) is 20.1. The van der Waals surface area contributed by atoms with Crippen LogP contribution in [0.3, 0.4) is 0 Å². The normalized spacial score (nSPS) is 28.4. The number of methoxy groups -OCH3 is 1. The molecule has 3 heterocycles. The summed E-state index contributed by atoms with van der Waals surface area (Å²) in [5.74, 6) is 1.94. The minimum atomic E-state index is 0.108. The molecule has 0 aromatic carbocycles. The third kappa shape index (κ3) is 7.19. The monoisotopic (exact) mass is 457 g/mol. The summed E-state index contributed by atoms with van der Waals surface area (Å²) in [6.07, 6.45) is 11.1. The fourth-order valence-electron chi connectivity index (χ4n) is 4.77. The van der Waals surface area contributed by atoms with Crippen molar-refractivity contribution in [2.75, 3.05) is 45.3 Å². The number of anilines is 1. The Labute approximate surface area is 197 Å². The van der Waals surface area contributed by atoms with Gasteiger partial charge in [-0.05, 0) is 43.9 Å². The molecule has 33 heavy (non-hydrogen) atoms. The molecule has 1 aromatic rings. The number of hydrogen-bond donors (Lipinski definition) is 3. The van der Waals surface area contributed by atoms with E-state index in [4.69, 9.17) is 14.5 Å². The second-order valence-electron chi connectivity index (χ2n) is 9.85. The molecular formula is C24H39N7O2. The van der Waals surface area contributed by atoms with Crippen molar-refractivity contribution in [3.8, 4) is 0 Å². The van der Waals surface area contributed by atoms with Gasteiger partial charge < -0.3 is 20.1 Å². The van der Waals surface area contributed by atoms with Gasteiger partial charge in [0, 0.05) is 70.1 Å². The summed E-state index contributed by atoms with van der Waals surface area (Å²) in [5.41, 5.74) is 4.29. The predicted molar refractivity (Wildman–Crippen MR) is 131 cm³/mol. The summed E-state index contributed by atoms with van der Waals surface area (Å²) in [6.45, 7) is 6.46. The number of nitrogens with one attached hydrogen (secondary N) is 3. The molecule has 1 aliphatic carbocycles. The highest BCUT2D eigenvalue weighted by Gasteiger charge is 2.28. The van der Waals surface area contributed by atoms with Gasteiger partial charge in [0.1, 0.15) is 18.0 Å². The lowest BCUT2D eigenvalue weighted by molar-refractivity contribution is 0.0283. The third-order valence-electron chi connectivity index (χ3n) is 7.10. The highest BCUT2D eigenvalue weighted by molar-refractivity contribution is 5.89. The maximum Gasteiger partial charge on any atom is 0.129 e. The average Bonchev–Trinajstić information content (AvgIpc) is 2.85. The first-order chi connectivity index (χ1) is 16.1. The molecule has 2 aliphatic heterocycles. The van der Waals surface area contributed by atoms with E-state index in [1.807, 2.05) is 6.21 Å². The Morgan fingerprint density at radius 2 is 1.97 bits per heavy atom. The van der Waals surface area contributed by atoms with E-state index < -0.39 is 0 Å². The van der Waals surface area contributed by atoms with Gasteiger partial charge in [-0.1, -0.05) is 6.92 Å². The summed E-state index contributed by atoms with van der Waals surface area (Å²) < 4.78 is 10.6. The minimum absolute atomic E-state index is 0.108. The molecule has 2 fully saturated rings. The number of ether oxygens (including phenoxy) is 2. The summed E-state index contributed by atoms with van der Waals surface area (Å²) in [6, 6.07) is 3.11. The molecule has 0 amide bonds. The molecule has 1 saturated heterocycles. The quantitative estimate of drug-likeness (QED) is 0.490. The van der Waals surface area contributed by atoms with Crippen LogP contribution in [-0.2, 0) is 9.47 Å². The Kier molecular flexibility index (Phi) is 8.63. The minimum Gasteiger partial charge on any atom is -0.383 e. The van der Waals surface area contributed by atoms with Gasteiger partial charge in [0.25, 0.3) is 0 Å². The van der Waals surface area contributed by atoms with Gasteiger partial charge >= 0.3 is 0 Å². The van der Waals surface area contributed by atoms with Crippen molar-refractivity contribution in [2.24, 2.45) is 15.5 Å². The molecule has 4 rings (SSSR count). The van der Waals surface area contributed by atoms with Crippen molar-refractivity contribution in [2.45, 2.75) is 69.9 Å². The second kappa shape index (κ2) is 11.9. The summed E-state index contributed by atoms with van der Waals surface area (Å²) >= 11 is 0. The Bertz CT molecular complexity index is 802. The number of nitrogens with zero attached hydrogens (tertiary/aromatic N) is 4. The molecule has 1 unspecified atom stereocenters. The van der Waals surface area contributed by atoms with Crippen molar-refractivity contribution in [3.63, 3.8) is 0 Å². The molecule has 1 atom stereocenters.